The maximum Gasteiger partial charge on any atom is 0.336 e. The van der Waals surface area contributed by atoms with Gasteiger partial charge in [0.05, 0.1) is 16.0 Å². The van der Waals surface area contributed by atoms with Crippen molar-refractivity contribution in [1.29, 1.82) is 0 Å². The number of nitrogens with zero attached hydrogens (tertiary/aromatic N) is 5. The van der Waals surface area contributed by atoms with Crippen LogP contribution < -0.4 is 14.5 Å². The van der Waals surface area contributed by atoms with Crippen molar-refractivity contribution >= 4 is 44.3 Å². The van der Waals surface area contributed by atoms with E-state index in [2.05, 4.69) is 19.6 Å². The number of piperazine rings is 1. The zero-order valence-electron chi connectivity index (χ0n) is 21.1. The second-order valence-corrected chi connectivity index (χ2v) is 11.1. The van der Waals surface area contributed by atoms with Crippen molar-refractivity contribution in [3.63, 3.8) is 0 Å². The Morgan fingerprint density at radius 2 is 1.61 bits per heavy atom. The minimum atomic E-state index is -3.85. The first-order valence-corrected chi connectivity index (χ1v) is 13.8. The number of carboxylic acid groups (broad SMARTS) is 1. The molecule has 11 heteroatoms. The number of sulfonamides is 1. The number of carbonyl (C=O) groups is 1. The largest absolute Gasteiger partial charge is 0.478 e. The van der Waals surface area contributed by atoms with Gasteiger partial charge >= 0.3 is 5.97 Å². The lowest BCUT2D eigenvalue weighted by molar-refractivity contribution is 0.0699. The number of rotatable bonds is 7. The molecule has 10 nitrogen and oxygen atoms in total. The summed E-state index contributed by atoms with van der Waals surface area (Å²) < 4.78 is 28.5. The molecule has 0 bridgehead atoms. The minimum Gasteiger partial charge on any atom is -0.478 e. The Bertz CT molecular complexity index is 1570. The standard InChI is InChI=1S/C27H28N6O4S/c1-18(2)19-4-7-21(8-5-19)38(36,37)31-20-6-9-24-22(16-20)23(26(34)35)17-25(30-24)32-12-14-33(15-13-32)27-28-10-3-11-29-27/h3-11,16-18,31H,12-15H2,1-2H3,(H,34,35). The summed E-state index contributed by atoms with van der Waals surface area (Å²) in [7, 11) is -3.85. The van der Waals surface area contributed by atoms with E-state index in [9.17, 15) is 18.3 Å². The first kappa shape index (κ1) is 25.4. The number of aromatic carboxylic acids is 1. The van der Waals surface area contributed by atoms with Crippen LogP contribution in [0.2, 0.25) is 0 Å². The van der Waals surface area contributed by atoms with Gasteiger partial charge in [0.15, 0.2) is 0 Å². The minimum absolute atomic E-state index is 0.0566. The van der Waals surface area contributed by atoms with Gasteiger partial charge in [0.2, 0.25) is 5.95 Å². The van der Waals surface area contributed by atoms with Crippen LogP contribution in [0.5, 0.6) is 0 Å². The number of hydrogen-bond acceptors (Lipinski definition) is 8. The van der Waals surface area contributed by atoms with Crippen molar-refractivity contribution in [3.8, 4) is 0 Å². The maximum absolute atomic E-state index is 13.0. The first-order chi connectivity index (χ1) is 18.2. The summed E-state index contributed by atoms with van der Waals surface area (Å²) in [6, 6.07) is 14.8. The fourth-order valence-corrected chi connectivity index (χ4v) is 5.50. The number of hydrogen-bond donors (Lipinski definition) is 2. The maximum atomic E-state index is 13.0. The average molecular weight is 533 g/mol. The molecule has 1 saturated heterocycles. The Morgan fingerprint density at radius 1 is 0.947 bits per heavy atom. The van der Waals surface area contributed by atoms with Crippen molar-refractivity contribution in [2.75, 3.05) is 40.7 Å². The molecule has 0 spiro atoms. The van der Waals surface area contributed by atoms with Gasteiger partial charge in [-0.25, -0.2) is 28.2 Å². The van der Waals surface area contributed by atoms with Gasteiger partial charge in [0, 0.05) is 49.6 Å². The summed E-state index contributed by atoms with van der Waals surface area (Å²) in [4.78, 5) is 29.7. The number of carboxylic acids is 1. The first-order valence-electron chi connectivity index (χ1n) is 12.3. The number of fused-ring (bicyclic) bond motifs is 1. The molecule has 196 valence electrons. The van der Waals surface area contributed by atoms with E-state index in [1.165, 1.54) is 6.07 Å². The van der Waals surface area contributed by atoms with Crippen LogP contribution >= 0.6 is 0 Å². The lowest BCUT2D eigenvalue weighted by Crippen LogP contribution is -2.47. The van der Waals surface area contributed by atoms with Crippen LogP contribution in [0, 0.1) is 0 Å². The molecular formula is C27H28N6O4S. The predicted octanol–water partition coefficient (Wildman–Crippen LogP) is 3.97. The molecule has 1 fully saturated rings. The number of nitrogens with one attached hydrogen (secondary N) is 1. The van der Waals surface area contributed by atoms with Crippen LogP contribution in [0.4, 0.5) is 17.5 Å². The second kappa shape index (κ2) is 10.3. The molecule has 0 unspecified atom stereocenters. The van der Waals surface area contributed by atoms with Gasteiger partial charge < -0.3 is 14.9 Å². The predicted molar refractivity (Wildman–Crippen MR) is 146 cm³/mol. The molecule has 38 heavy (non-hydrogen) atoms. The third-order valence-corrected chi connectivity index (χ3v) is 7.97. The van der Waals surface area contributed by atoms with E-state index in [4.69, 9.17) is 4.98 Å². The number of aromatic nitrogens is 3. The van der Waals surface area contributed by atoms with Crippen LogP contribution in [0.15, 0.2) is 71.9 Å². The van der Waals surface area contributed by atoms with Crippen LogP contribution in [-0.2, 0) is 10.0 Å². The quantitative estimate of drug-likeness (QED) is 0.363. The van der Waals surface area contributed by atoms with Gasteiger partial charge in [-0.3, -0.25) is 4.72 Å². The van der Waals surface area contributed by atoms with Gasteiger partial charge in [-0.1, -0.05) is 26.0 Å². The zero-order valence-corrected chi connectivity index (χ0v) is 21.9. The lowest BCUT2D eigenvalue weighted by Gasteiger charge is -2.35. The number of benzene rings is 2. The van der Waals surface area contributed by atoms with Crippen molar-refractivity contribution in [2.24, 2.45) is 0 Å². The summed E-state index contributed by atoms with van der Waals surface area (Å²) >= 11 is 0. The third kappa shape index (κ3) is 5.23. The molecule has 3 heterocycles. The van der Waals surface area contributed by atoms with Crippen molar-refractivity contribution in [1.82, 2.24) is 15.0 Å². The summed E-state index contributed by atoms with van der Waals surface area (Å²) in [6.07, 6.45) is 3.41. The molecule has 5 rings (SSSR count). The Labute approximate surface area is 221 Å². The zero-order chi connectivity index (χ0) is 26.9. The van der Waals surface area contributed by atoms with Crippen molar-refractivity contribution < 1.29 is 18.3 Å². The van der Waals surface area contributed by atoms with Gasteiger partial charge in [-0.05, 0) is 53.9 Å². The van der Waals surface area contributed by atoms with Crippen LogP contribution in [0.25, 0.3) is 10.9 Å². The molecule has 1 aliphatic heterocycles. The van der Waals surface area contributed by atoms with Crippen LogP contribution in [0.1, 0.15) is 35.7 Å². The topological polar surface area (TPSA) is 129 Å². The molecule has 0 radical (unpaired) electrons. The molecule has 0 aliphatic carbocycles. The molecule has 2 aromatic heterocycles. The molecule has 2 N–H and O–H groups in total. The van der Waals surface area contributed by atoms with Gasteiger partial charge in [0.25, 0.3) is 10.0 Å². The van der Waals surface area contributed by atoms with E-state index >= 15 is 0 Å². The molecule has 0 atom stereocenters. The van der Waals surface area contributed by atoms with Crippen LogP contribution in [0.3, 0.4) is 0 Å². The summed E-state index contributed by atoms with van der Waals surface area (Å²) in [5.41, 5.74) is 1.83. The highest BCUT2D eigenvalue weighted by Crippen LogP contribution is 2.28. The summed E-state index contributed by atoms with van der Waals surface area (Å²) in [5.74, 6) is 0.394. The highest BCUT2D eigenvalue weighted by molar-refractivity contribution is 7.92. The fraction of sp³-hybridized carbons (Fsp3) is 0.259. The van der Waals surface area contributed by atoms with Crippen LogP contribution in [-0.4, -0.2) is 60.6 Å². The van der Waals surface area contributed by atoms with E-state index in [-0.39, 0.29) is 22.1 Å². The SMILES string of the molecule is CC(C)c1ccc(S(=O)(=O)Nc2ccc3nc(N4CCN(c5ncccn5)CC4)cc(C(=O)O)c3c2)cc1. The van der Waals surface area contributed by atoms with Gasteiger partial charge in [-0.15, -0.1) is 0 Å². The van der Waals surface area contributed by atoms with E-state index in [0.717, 1.165) is 5.56 Å². The number of pyridine rings is 1. The van der Waals surface area contributed by atoms with E-state index in [1.807, 2.05) is 18.7 Å². The highest BCUT2D eigenvalue weighted by atomic mass is 32.2. The fourth-order valence-electron chi connectivity index (χ4n) is 4.45. The molecule has 0 amide bonds. The Balaban J connectivity index is 1.39. The summed E-state index contributed by atoms with van der Waals surface area (Å²) in [5, 5.41) is 10.3. The summed E-state index contributed by atoms with van der Waals surface area (Å²) in [6.45, 7) is 6.68. The normalized spacial score (nSPS) is 14.2. The third-order valence-electron chi connectivity index (χ3n) is 6.57. The molecular weight excluding hydrogens is 504 g/mol. The lowest BCUT2D eigenvalue weighted by atomic mass is 10.0. The molecule has 1 aliphatic rings. The average Bonchev–Trinajstić information content (AvgIpc) is 2.93. The van der Waals surface area contributed by atoms with E-state index in [1.54, 1.807) is 60.9 Å². The van der Waals surface area contributed by atoms with Crippen molar-refractivity contribution in [3.05, 3.63) is 78.1 Å². The Hall–Kier alpha value is -4.25. The van der Waals surface area contributed by atoms with Crippen molar-refractivity contribution in [2.45, 2.75) is 24.7 Å². The molecule has 4 aromatic rings. The van der Waals surface area contributed by atoms with E-state index in [0.29, 0.717) is 48.8 Å². The second-order valence-electron chi connectivity index (χ2n) is 9.42. The number of anilines is 3. The monoisotopic (exact) mass is 532 g/mol. The van der Waals surface area contributed by atoms with Gasteiger partial charge in [-0.2, -0.15) is 0 Å². The Kier molecular flexibility index (Phi) is 6.85. The molecule has 2 aromatic carbocycles. The van der Waals surface area contributed by atoms with Gasteiger partial charge in [0.1, 0.15) is 5.82 Å². The smallest absolute Gasteiger partial charge is 0.336 e. The Morgan fingerprint density at radius 3 is 2.24 bits per heavy atom. The molecule has 0 saturated carbocycles. The highest BCUT2D eigenvalue weighted by Gasteiger charge is 2.23. The van der Waals surface area contributed by atoms with E-state index < -0.39 is 16.0 Å².